The van der Waals surface area contributed by atoms with Gasteiger partial charge in [-0.25, -0.2) is 0 Å². The number of rotatable bonds is 8. The van der Waals surface area contributed by atoms with Gasteiger partial charge in [-0.15, -0.1) is 0 Å². The van der Waals surface area contributed by atoms with Crippen molar-refractivity contribution in [3.8, 4) is 5.75 Å². The summed E-state index contributed by atoms with van der Waals surface area (Å²) in [6.45, 7) is 2.46. The van der Waals surface area contributed by atoms with Crippen molar-refractivity contribution >= 4 is 28.8 Å². The maximum Gasteiger partial charge on any atom is 0.255 e. The molecule has 2 aromatic rings. The molecule has 0 fully saturated rings. The zero-order valence-electron chi connectivity index (χ0n) is 12.7. The first kappa shape index (κ1) is 16.9. The summed E-state index contributed by atoms with van der Waals surface area (Å²) in [5.74, 6) is 0.288. The standard InChI is InChI=1S/C17H17NO4S/c1-2-21-15-7-4-3-6-13(15)17(20)18-11-12(23)10-14(19)16-8-5-9-22-16/h3-9H,2,10-11H2,1H3,(H,18,20). The second-order valence-electron chi connectivity index (χ2n) is 4.73. The molecule has 0 aliphatic rings. The van der Waals surface area contributed by atoms with Crippen LogP contribution in [0.2, 0.25) is 0 Å². The van der Waals surface area contributed by atoms with Gasteiger partial charge >= 0.3 is 0 Å². The molecule has 0 bridgehead atoms. The highest BCUT2D eigenvalue weighted by Gasteiger charge is 2.14. The predicted octanol–water partition coefficient (Wildman–Crippen LogP) is 3.05. The lowest BCUT2D eigenvalue weighted by Crippen LogP contribution is -2.30. The zero-order chi connectivity index (χ0) is 16.7. The summed E-state index contributed by atoms with van der Waals surface area (Å²) in [7, 11) is 0. The summed E-state index contributed by atoms with van der Waals surface area (Å²) >= 11 is 5.15. The normalized spacial score (nSPS) is 10.1. The van der Waals surface area contributed by atoms with E-state index < -0.39 is 0 Å². The average molecular weight is 331 g/mol. The van der Waals surface area contributed by atoms with Crippen molar-refractivity contribution in [1.82, 2.24) is 5.32 Å². The number of hydrogen-bond donors (Lipinski definition) is 1. The highest BCUT2D eigenvalue weighted by Crippen LogP contribution is 2.17. The van der Waals surface area contributed by atoms with E-state index in [4.69, 9.17) is 21.4 Å². The molecule has 23 heavy (non-hydrogen) atoms. The van der Waals surface area contributed by atoms with Crippen molar-refractivity contribution in [2.24, 2.45) is 0 Å². The summed E-state index contributed by atoms with van der Waals surface area (Å²) in [4.78, 5) is 24.5. The van der Waals surface area contributed by atoms with E-state index in [0.717, 1.165) is 0 Å². The molecule has 0 saturated carbocycles. The highest BCUT2D eigenvalue weighted by atomic mass is 32.1. The van der Waals surface area contributed by atoms with E-state index in [0.29, 0.717) is 22.8 Å². The maximum atomic E-state index is 12.2. The molecule has 6 heteroatoms. The van der Waals surface area contributed by atoms with Crippen molar-refractivity contribution in [1.29, 1.82) is 0 Å². The number of para-hydroxylation sites is 1. The van der Waals surface area contributed by atoms with Crippen LogP contribution in [0, 0.1) is 0 Å². The molecule has 120 valence electrons. The van der Waals surface area contributed by atoms with Crippen LogP contribution < -0.4 is 10.1 Å². The minimum atomic E-state index is -0.290. The molecule has 0 unspecified atom stereocenters. The van der Waals surface area contributed by atoms with Gasteiger partial charge in [0.1, 0.15) is 5.75 Å². The Kier molecular flexibility index (Phi) is 6.05. The third kappa shape index (κ3) is 4.75. The lowest BCUT2D eigenvalue weighted by molar-refractivity contribution is 0.0947. The quantitative estimate of drug-likeness (QED) is 0.595. The Morgan fingerprint density at radius 1 is 1.22 bits per heavy atom. The number of amides is 1. The second kappa shape index (κ2) is 8.24. The second-order valence-corrected chi connectivity index (χ2v) is 5.31. The molecule has 1 amide bonds. The fourth-order valence-corrected chi connectivity index (χ4v) is 2.18. The molecule has 0 spiro atoms. The van der Waals surface area contributed by atoms with Crippen LogP contribution in [0.5, 0.6) is 5.75 Å². The van der Waals surface area contributed by atoms with Crippen LogP contribution in [-0.4, -0.2) is 29.7 Å². The molecule has 0 atom stereocenters. The van der Waals surface area contributed by atoms with E-state index in [1.165, 1.54) is 6.26 Å². The Bertz CT molecular complexity index is 694. The average Bonchev–Trinajstić information content (AvgIpc) is 3.08. The van der Waals surface area contributed by atoms with E-state index in [-0.39, 0.29) is 30.4 Å². The van der Waals surface area contributed by atoms with Gasteiger partial charge in [0.2, 0.25) is 5.78 Å². The molecule has 1 aromatic carbocycles. The molecule has 1 N–H and O–H groups in total. The van der Waals surface area contributed by atoms with Gasteiger partial charge in [0.05, 0.1) is 18.4 Å². The van der Waals surface area contributed by atoms with Crippen molar-refractivity contribution < 1.29 is 18.7 Å². The molecule has 1 aromatic heterocycles. The van der Waals surface area contributed by atoms with Crippen molar-refractivity contribution in [2.45, 2.75) is 13.3 Å². The van der Waals surface area contributed by atoms with Gasteiger partial charge in [-0.05, 0) is 31.2 Å². The van der Waals surface area contributed by atoms with E-state index in [1.807, 2.05) is 6.92 Å². The minimum absolute atomic E-state index is 0.0518. The molecular formula is C17H17NO4S. The monoisotopic (exact) mass is 331 g/mol. The predicted molar refractivity (Wildman–Crippen MR) is 90.2 cm³/mol. The van der Waals surface area contributed by atoms with Crippen LogP contribution in [-0.2, 0) is 0 Å². The number of carbonyl (C=O) groups excluding carboxylic acids is 2. The number of nitrogens with one attached hydrogen (secondary N) is 1. The fraction of sp³-hybridized carbons (Fsp3) is 0.235. The molecule has 2 rings (SSSR count). The number of furan rings is 1. The lowest BCUT2D eigenvalue weighted by atomic mass is 10.1. The number of carbonyl (C=O) groups is 2. The van der Waals surface area contributed by atoms with Gasteiger partial charge in [-0.1, -0.05) is 24.4 Å². The molecule has 0 saturated heterocycles. The largest absolute Gasteiger partial charge is 0.493 e. The Hall–Kier alpha value is -2.47. The highest BCUT2D eigenvalue weighted by molar-refractivity contribution is 7.80. The van der Waals surface area contributed by atoms with Crippen LogP contribution in [0.4, 0.5) is 0 Å². The third-order valence-corrected chi connectivity index (χ3v) is 3.32. The molecule has 5 nitrogen and oxygen atoms in total. The van der Waals surface area contributed by atoms with E-state index >= 15 is 0 Å². The van der Waals surface area contributed by atoms with E-state index in [9.17, 15) is 9.59 Å². The fourth-order valence-electron chi connectivity index (χ4n) is 1.98. The number of ether oxygens (including phenoxy) is 1. The minimum Gasteiger partial charge on any atom is -0.493 e. The Labute approximate surface area is 139 Å². The Morgan fingerprint density at radius 2 is 2.00 bits per heavy atom. The van der Waals surface area contributed by atoms with Crippen LogP contribution in [0.25, 0.3) is 0 Å². The number of Topliss-reactive ketones (excluding diaryl/α,β-unsaturated/α-hetero) is 1. The van der Waals surface area contributed by atoms with Gasteiger partial charge < -0.3 is 14.5 Å². The molecule has 1 heterocycles. The zero-order valence-corrected chi connectivity index (χ0v) is 13.5. The number of thiocarbonyl (C=S) groups is 1. The Morgan fingerprint density at radius 3 is 2.70 bits per heavy atom. The van der Waals surface area contributed by atoms with Crippen LogP contribution >= 0.6 is 12.2 Å². The summed E-state index contributed by atoms with van der Waals surface area (Å²) in [5, 5.41) is 2.71. The topological polar surface area (TPSA) is 68.5 Å². The summed E-state index contributed by atoms with van der Waals surface area (Å²) < 4.78 is 10.4. The smallest absolute Gasteiger partial charge is 0.255 e. The summed E-state index contributed by atoms with van der Waals surface area (Å²) in [5.41, 5.74) is 0.439. The molecule has 0 aliphatic heterocycles. The van der Waals surface area contributed by atoms with Crippen molar-refractivity contribution in [3.63, 3.8) is 0 Å². The SMILES string of the molecule is CCOc1ccccc1C(=O)NCC(=S)CC(=O)c1ccco1. The molecule has 0 radical (unpaired) electrons. The van der Waals surface area contributed by atoms with Gasteiger partial charge in [0.25, 0.3) is 5.91 Å². The van der Waals surface area contributed by atoms with Crippen LogP contribution in [0.3, 0.4) is 0 Å². The van der Waals surface area contributed by atoms with E-state index in [1.54, 1.807) is 36.4 Å². The van der Waals surface area contributed by atoms with Gasteiger partial charge in [0, 0.05) is 17.8 Å². The summed E-state index contributed by atoms with van der Waals surface area (Å²) in [6, 6.07) is 10.2. The first-order valence-electron chi connectivity index (χ1n) is 7.20. The number of ketones is 1. The van der Waals surface area contributed by atoms with Crippen molar-refractivity contribution in [3.05, 3.63) is 54.0 Å². The Balaban J connectivity index is 1.89. The van der Waals surface area contributed by atoms with Crippen LogP contribution in [0.15, 0.2) is 47.1 Å². The molecular weight excluding hydrogens is 314 g/mol. The van der Waals surface area contributed by atoms with Gasteiger partial charge in [-0.2, -0.15) is 0 Å². The van der Waals surface area contributed by atoms with E-state index in [2.05, 4.69) is 5.32 Å². The lowest BCUT2D eigenvalue weighted by Gasteiger charge is -2.10. The third-order valence-electron chi connectivity index (χ3n) is 3.03. The maximum absolute atomic E-state index is 12.2. The first-order valence-corrected chi connectivity index (χ1v) is 7.61. The molecule has 0 aliphatic carbocycles. The van der Waals surface area contributed by atoms with Crippen molar-refractivity contribution in [2.75, 3.05) is 13.2 Å². The number of benzene rings is 1. The van der Waals surface area contributed by atoms with Crippen LogP contribution in [0.1, 0.15) is 34.3 Å². The number of hydrogen-bond acceptors (Lipinski definition) is 5. The van der Waals surface area contributed by atoms with Gasteiger partial charge in [-0.3, -0.25) is 9.59 Å². The van der Waals surface area contributed by atoms with Gasteiger partial charge in [0.15, 0.2) is 5.76 Å². The first-order chi connectivity index (χ1) is 11.1. The summed E-state index contributed by atoms with van der Waals surface area (Å²) in [6.07, 6.45) is 1.49.